The molecule has 0 spiro atoms. The molecule has 1 unspecified atom stereocenters. The molecule has 2 heterocycles. The number of nitro benzene ring substituents is 1. The van der Waals surface area contributed by atoms with E-state index in [1.54, 1.807) is 42.5 Å². The smallest absolute Gasteiger partial charge is 0.300 e. The first-order valence-electron chi connectivity index (χ1n) is 10.1. The Kier molecular flexibility index (Phi) is 5.88. The average Bonchev–Trinajstić information content (AvgIpc) is 3.10. The van der Waals surface area contributed by atoms with Crippen LogP contribution in [0, 0.1) is 10.1 Å². The Morgan fingerprint density at radius 2 is 1.82 bits per heavy atom. The number of Topliss-reactive ketones (excluding diaryl/α,β-unsaturated/α-hetero) is 1. The largest absolute Gasteiger partial charge is 0.507 e. The number of ketones is 1. The number of benzene rings is 2. The third-order valence-electron chi connectivity index (χ3n) is 5.21. The number of hydrogen-bond acceptors (Lipinski definition) is 7. The molecule has 34 heavy (non-hydrogen) atoms. The Labute approximate surface area is 193 Å². The van der Waals surface area contributed by atoms with E-state index in [0.717, 1.165) is 6.07 Å². The van der Waals surface area contributed by atoms with Gasteiger partial charge < -0.3 is 10.4 Å². The topological polar surface area (TPSA) is 143 Å². The zero-order chi connectivity index (χ0) is 24.4. The van der Waals surface area contributed by atoms with Crippen molar-refractivity contribution in [1.29, 1.82) is 0 Å². The van der Waals surface area contributed by atoms with Crippen LogP contribution in [0.15, 0.2) is 78.5 Å². The highest BCUT2D eigenvalue weighted by molar-refractivity contribution is 6.51. The first-order valence-corrected chi connectivity index (χ1v) is 10.1. The van der Waals surface area contributed by atoms with E-state index in [0.29, 0.717) is 17.1 Å². The van der Waals surface area contributed by atoms with Crippen molar-refractivity contribution in [3.8, 4) is 0 Å². The third kappa shape index (κ3) is 4.11. The Morgan fingerprint density at radius 3 is 2.44 bits per heavy atom. The predicted octanol–water partition coefficient (Wildman–Crippen LogP) is 3.57. The van der Waals surface area contributed by atoms with Gasteiger partial charge in [0.15, 0.2) is 0 Å². The van der Waals surface area contributed by atoms with Crippen molar-refractivity contribution in [3.63, 3.8) is 0 Å². The van der Waals surface area contributed by atoms with Gasteiger partial charge in [0.25, 0.3) is 17.4 Å². The zero-order valence-corrected chi connectivity index (χ0v) is 17.8. The zero-order valence-electron chi connectivity index (χ0n) is 17.8. The highest BCUT2D eigenvalue weighted by Gasteiger charge is 2.47. The normalized spacial score (nSPS) is 17.0. The fourth-order valence-corrected chi connectivity index (χ4v) is 3.75. The van der Waals surface area contributed by atoms with E-state index in [1.165, 1.54) is 36.2 Å². The quantitative estimate of drug-likeness (QED) is 0.196. The van der Waals surface area contributed by atoms with Crippen LogP contribution >= 0.6 is 0 Å². The summed E-state index contributed by atoms with van der Waals surface area (Å²) in [7, 11) is 0. The molecule has 1 aliphatic rings. The molecule has 0 aliphatic carbocycles. The fourth-order valence-electron chi connectivity index (χ4n) is 3.75. The van der Waals surface area contributed by atoms with Gasteiger partial charge in [0, 0.05) is 42.2 Å². The molecule has 1 fully saturated rings. The van der Waals surface area contributed by atoms with Crippen molar-refractivity contribution < 1.29 is 24.4 Å². The van der Waals surface area contributed by atoms with Crippen molar-refractivity contribution in [2.75, 3.05) is 10.2 Å². The summed E-state index contributed by atoms with van der Waals surface area (Å²) in [6, 6.07) is 15.3. The number of nitrogens with one attached hydrogen (secondary N) is 1. The molecule has 0 saturated carbocycles. The van der Waals surface area contributed by atoms with E-state index >= 15 is 0 Å². The number of non-ortho nitro benzene ring substituents is 1. The molecule has 3 aromatic rings. The lowest BCUT2D eigenvalue weighted by molar-refractivity contribution is -0.384. The van der Waals surface area contributed by atoms with Gasteiger partial charge in [-0.3, -0.25) is 34.4 Å². The average molecular weight is 458 g/mol. The summed E-state index contributed by atoms with van der Waals surface area (Å²) in [5.74, 6) is -2.66. The summed E-state index contributed by atoms with van der Waals surface area (Å²) in [5.41, 5.74) is 0.661. The second-order valence-electron chi connectivity index (χ2n) is 7.46. The molecule has 1 saturated heterocycles. The molecule has 2 amide bonds. The van der Waals surface area contributed by atoms with Crippen LogP contribution in [-0.4, -0.2) is 32.6 Å². The highest BCUT2D eigenvalue weighted by atomic mass is 16.6. The molecule has 0 bridgehead atoms. The summed E-state index contributed by atoms with van der Waals surface area (Å²) in [4.78, 5) is 53.5. The number of anilines is 2. The molecule has 0 radical (unpaired) electrons. The van der Waals surface area contributed by atoms with E-state index < -0.39 is 28.4 Å². The standard InChI is InChI=1S/C24H18N4O6/c1-14(29)26-16-8-10-17(11-9-16)27-21(19-7-2-3-12-25-19)20(23(31)24(27)32)22(30)15-5-4-6-18(13-15)28(33)34/h2-13,21,30H,1H3,(H,26,29)/b22-20-. The molecule has 170 valence electrons. The lowest BCUT2D eigenvalue weighted by Gasteiger charge is -2.24. The van der Waals surface area contributed by atoms with E-state index in [-0.39, 0.29) is 22.7 Å². The van der Waals surface area contributed by atoms with E-state index in [4.69, 9.17) is 0 Å². The molecule has 2 aromatic carbocycles. The van der Waals surface area contributed by atoms with Crippen LogP contribution in [0.1, 0.15) is 24.2 Å². The van der Waals surface area contributed by atoms with Gasteiger partial charge in [0.1, 0.15) is 11.8 Å². The van der Waals surface area contributed by atoms with Gasteiger partial charge in [-0.25, -0.2) is 0 Å². The van der Waals surface area contributed by atoms with Gasteiger partial charge in [-0.05, 0) is 36.4 Å². The van der Waals surface area contributed by atoms with E-state index in [1.807, 2.05) is 0 Å². The maximum absolute atomic E-state index is 13.1. The van der Waals surface area contributed by atoms with Crippen LogP contribution in [-0.2, 0) is 14.4 Å². The summed E-state index contributed by atoms with van der Waals surface area (Å²) in [5, 5.41) is 24.8. The second-order valence-corrected chi connectivity index (χ2v) is 7.46. The Bertz CT molecular complexity index is 1340. The highest BCUT2D eigenvalue weighted by Crippen LogP contribution is 2.41. The number of nitro groups is 1. The molecule has 2 N–H and O–H groups in total. The summed E-state index contributed by atoms with van der Waals surface area (Å²) in [6.07, 6.45) is 1.49. The maximum atomic E-state index is 13.1. The van der Waals surface area contributed by atoms with Gasteiger partial charge in [-0.2, -0.15) is 0 Å². The fraction of sp³-hybridized carbons (Fsp3) is 0.0833. The van der Waals surface area contributed by atoms with Gasteiger partial charge >= 0.3 is 0 Å². The van der Waals surface area contributed by atoms with Crippen molar-refractivity contribution in [1.82, 2.24) is 4.98 Å². The Balaban J connectivity index is 1.87. The van der Waals surface area contributed by atoms with E-state index in [9.17, 15) is 29.6 Å². The first kappa shape index (κ1) is 22.3. The maximum Gasteiger partial charge on any atom is 0.300 e. The van der Waals surface area contributed by atoms with E-state index in [2.05, 4.69) is 10.3 Å². The number of carbonyl (C=O) groups is 3. The van der Waals surface area contributed by atoms with Gasteiger partial charge in [-0.1, -0.05) is 18.2 Å². The molecule has 1 aliphatic heterocycles. The van der Waals surface area contributed by atoms with Crippen LogP contribution in [0.25, 0.3) is 5.76 Å². The minimum Gasteiger partial charge on any atom is -0.507 e. The summed E-state index contributed by atoms with van der Waals surface area (Å²) in [6.45, 7) is 1.36. The first-order chi connectivity index (χ1) is 16.3. The number of amides is 2. The molecule has 4 rings (SSSR count). The monoisotopic (exact) mass is 458 g/mol. The Hall–Kier alpha value is -4.86. The van der Waals surface area contributed by atoms with Gasteiger partial charge in [0.05, 0.1) is 16.2 Å². The van der Waals surface area contributed by atoms with Crippen LogP contribution in [0.3, 0.4) is 0 Å². The SMILES string of the molecule is CC(=O)Nc1ccc(N2C(=O)C(=O)/C(=C(\O)c3cccc([N+](=O)[O-])c3)C2c2ccccn2)cc1. The number of hydrogen-bond donors (Lipinski definition) is 2. The summed E-state index contributed by atoms with van der Waals surface area (Å²) >= 11 is 0. The molecule has 10 nitrogen and oxygen atoms in total. The minimum absolute atomic E-state index is 0.0223. The number of nitrogens with zero attached hydrogens (tertiary/aromatic N) is 3. The third-order valence-corrected chi connectivity index (χ3v) is 5.21. The molecular weight excluding hydrogens is 440 g/mol. The van der Waals surface area contributed by atoms with Crippen LogP contribution in [0.2, 0.25) is 0 Å². The van der Waals surface area contributed by atoms with Crippen molar-refractivity contribution >= 4 is 40.4 Å². The van der Waals surface area contributed by atoms with Crippen LogP contribution in [0.4, 0.5) is 17.1 Å². The number of pyridine rings is 1. The van der Waals surface area contributed by atoms with Gasteiger partial charge in [0.2, 0.25) is 5.91 Å². The van der Waals surface area contributed by atoms with Crippen molar-refractivity contribution in [3.05, 3.63) is 99.9 Å². The Morgan fingerprint density at radius 1 is 1.09 bits per heavy atom. The minimum atomic E-state index is -1.08. The molecule has 1 atom stereocenters. The number of aromatic nitrogens is 1. The lowest BCUT2D eigenvalue weighted by Crippen LogP contribution is -2.29. The lowest BCUT2D eigenvalue weighted by atomic mass is 9.98. The van der Waals surface area contributed by atoms with Crippen LogP contribution in [0.5, 0.6) is 0 Å². The number of rotatable bonds is 5. The molecule has 1 aromatic heterocycles. The number of aliphatic hydroxyl groups excluding tert-OH is 1. The van der Waals surface area contributed by atoms with Crippen molar-refractivity contribution in [2.45, 2.75) is 13.0 Å². The predicted molar refractivity (Wildman–Crippen MR) is 123 cm³/mol. The van der Waals surface area contributed by atoms with Crippen LogP contribution < -0.4 is 10.2 Å². The second kappa shape index (κ2) is 8.94. The summed E-state index contributed by atoms with van der Waals surface area (Å²) < 4.78 is 0. The number of aliphatic hydroxyl groups is 1. The molecular formula is C24H18N4O6. The number of carbonyl (C=O) groups excluding carboxylic acids is 3. The van der Waals surface area contributed by atoms with Gasteiger partial charge in [-0.15, -0.1) is 0 Å². The van der Waals surface area contributed by atoms with Crippen molar-refractivity contribution in [2.24, 2.45) is 0 Å². The molecule has 10 heteroatoms.